The highest BCUT2D eigenvalue weighted by Crippen LogP contribution is 2.33. The van der Waals surface area contributed by atoms with Gasteiger partial charge in [0.05, 0.1) is 29.5 Å². The Hall–Kier alpha value is -4.49. The van der Waals surface area contributed by atoms with Gasteiger partial charge in [0.25, 0.3) is 0 Å². The number of nitrogens with zero attached hydrogens (tertiary/aromatic N) is 7. The maximum Gasteiger partial charge on any atom is 0.451 e. The molecule has 0 saturated carbocycles. The number of aromatic nitrogens is 5. The minimum absolute atomic E-state index is 0.0166. The molecule has 0 unspecified atom stereocenters. The average Bonchev–Trinajstić information content (AvgIpc) is 3.16. The third-order valence-corrected chi connectivity index (χ3v) is 4.66. The summed E-state index contributed by atoms with van der Waals surface area (Å²) >= 11 is 0. The average molecular weight is 475 g/mol. The van der Waals surface area contributed by atoms with Crippen molar-refractivity contribution in [1.82, 2.24) is 24.5 Å². The van der Waals surface area contributed by atoms with Crippen LogP contribution >= 0.6 is 0 Å². The van der Waals surface area contributed by atoms with E-state index in [9.17, 15) is 22.0 Å². The normalized spacial score (nSPS) is 12.7. The first kappa shape index (κ1) is 22.7. The minimum atomic E-state index is -4.69. The lowest BCUT2D eigenvalue weighted by atomic mass is 10.1. The van der Waals surface area contributed by atoms with E-state index in [4.69, 9.17) is 11.6 Å². The third kappa shape index (κ3) is 4.51. The van der Waals surface area contributed by atoms with Crippen LogP contribution in [0.3, 0.4) is 0 Å². The summed E-state index contributed by atoms with van der Waals surface area (Å²) < 4.78 is 66.9. The van der Waals surface area contributed by atoms with E-state index in [1.165, 1.54) is 12.5 Å². The van der Waals surface area contributed by atoms with Gasteiger partial charge in [-0.25, -0.2) is 28.7 Å². The maximum atomic E-state index is 13.8. The van der Waals surface area contributed by atoms with Crippen LogP contribution in [0.1, 0.15) is 5.82 Å². The summed E-state index contributed by atoms with van der Waals surface area (Å²) in [6.45, 7) is -0.0166. The van der Waals surface area contributed by atoms with Crippen molar-refractivity contribution >= 4 is 34.5 Å². The zero-order valence-electron chi connectivity index (χ0n) is 17.0. The molecule has 0 radical (unpaired) electrons. The van der Waals surface area contributed by atoms with Gasteiger partial charge in [0.15, 0.2) is 5.82 Å². The van der Waals surface area contributed by atoms with Gasteiger partial charge in [-0.15, -0.1) is 0 Å². The number of halogens is 5. The lowest BCUT2D eigenvalue weighted by molar-refractivity contribution is -0.144. The van der Waals surface area contributed by atoms with Gasteiger partial charge < -0.3 is 16.1 Å². The summed E-state index contributed by atoms with van der Waals surface area (Å²) in [5, 5.41) is 3.97. The van der Waals surface area contributed by atoms with E-state index in [1.54, 1.807) is 10.8 Å². The number of anilines is 1. The van der Waals surface area contributed by atoms with Crippen LogP contribution in [0.2, 0.25) is 0 Å². The smallest absolute Gasteiger partial charge is 0.383 e. The maximum absolute atomic E-state index is 13.8. The molecule has 0 fully saturated rings. The Bertz CT molecular complexity index is 1410. The molecule has 1 aromatic carbocycles. The van der Waals surface area contributed by atoms with E-state index in [0.717, 1.165) is 24.5 Å². The number of nitrogen functional groups attached to an aromatic ring is 1. The molecule has 174 valence electrons. The number of hydrogen-bond donors (Lipinski definition) is 2. The molecule has 4 rings (SSSR count). The van der Waals surface area contributed by atoms with Gasteiger partial charge in [0, 0.05) is 35.8 Å². The van der Waals surface area contributed by atoms with Crippen LogP contribution in [0.5, 0.6) is 0 Å². The van der Waals surface area contributed by atoms with Crippen LogP contribution in [-0.4, -0.2) is 36.4 Å². The van der Waals surface area contributed by atoms with Gasteiger partial charge in [0.2, 0.25) is 5.82 Å². The summed E-state index contributed by atoms with van der Waals surface area (Å²) in [7, 11) is 0. The highest BCUT2D eigenvalue weighted by atomic mass is 19.4. The Balaban J connectivity index is 1.71. The number of benzene rings is 1. The summed E-state index contributed by atoms with van der Waals surface area (Å²) in [6, 6.07) is 2.88. The van der Waals surface area contributed by atoms with Gasteiger partial charge in [-0.2, -0.15) is 18.3 Å². The zero-order chi connectivity index (χ0) is 24.5. The van der Waals surface area contributed by atoms with Crippen molar-refractivity contribution in [3.05, 3.63) is 60.6 Å². The molecule has 0 aliphatic rings. The number of aliphatic imine (C=N–C) groups is 1. The first-order valence-corrected chi connectivity index (χ1v) is 9.42. The predicted molar refractivity (Wildman–Crippen MR) is 114 cm³/mol. The van der Waals surface area contributed by atoms with Crippen molar-refractivity contribution in [1.29, 1.82) is 0 Å². The Morgan fingerprint density at radius 1 is 1.09 bits per heavy atom. The topological polar surface area (TPSA) is 133 Å². The quantitative estimate of drug-likeness (QED) is 0.197. The van der Waals surface area contributed by atoms with Crippen LogP contribution in [0.15, 0.2) is 53.2 Å². The molecule has 3 heterocycles. The number of nitrogens with two attached hydrogens (primary N) is 2. The Labute approximate surface area is 187 Å². The van der Waals surface area contributed by atoms with E-state index in [1.807, 2.05) is 0 Å². The molecule has 0 bridgehead atoms. The number of alkyl halides is 3. The van der Waals surface area contributed by atoms with Crippen LogP contribution in [0.4, 0.5) is 33.5 Å². The number of fused-ring (bicyclic) bond motifs is 1. The first-order valence-electron chi connectivity index (χ1n) is 9.42. The van der Waals surface area contributed by atoms with Crippen molar-refractivity contribution in [2.45, 2.75) is 12.7 Å². The van der Waals surface area contributed by atoms with Crippen LogP contribution in [-0.2, 0) is 12.7 Å². The van der Waals surface area contributed by atoms with Gasteiger partial charge in [0.1, 0.15) is 23.6 Å². The van der Waals surface area contributed by atoms with Gasteiger partial charge in [-0.1, -0.05) is 0 Å². The molecule has 3 aromatic heterocycles. The fourth-order valence-electron chi connectivity index (χ4n) is 3.12. The van der Waals surface area contributed by atoms with Crippen molar-refractivity contribution < 1.29 is 22.0 Å². The summed E-state index contributed by atoms with van der Waals surface area (Å²) in [6.07, 6.45) is 1.27. The molecular formula is C20H14F5N9. The van der Waals surface area contributed by atoms with Crippen LogP contribution in [0.25, 0.3) is 22.2 Å². The summed E-state index contributed by atoms with van der Waals surface area (Å²) in [4.78, 5) is 18.8. The van der Waals surface area contributed by atoms with Crippen molar-refractivity contribution in [3.8, 4) is 11.1 Å². The van der Waals surface area contributed by atoms with Crippen molar-refractivity contribution in [2.24, 2.45) is 15.9 Å². The zero-order valence-corrected chi connectivity index (χ0v) is 17.0. The molecule has 0 aliphatic heterocycles. The third-order valence-electron chi connectivity index (χ3n) is 4.66. The standard InChI is InChI=1S/C20H14F5N9/c21-11-1-2-15(14(22)3-11)28-6-12(33-27)7-34-8-13(16-17(26)31-9-32-18(16)34)10-4-29-19(30-5-10)20(23,24)25/h1-6,8-9H,7,27H2,(H2,26,31,32). The second-order valence-corrected chi connectivity index (χ2v) is 6.90. The highest BCUT2D eigenvalue weighted by molar-refractivity contribution is 6.31. The molecule has 0 atom stereocenters. The first-order chi connectivity index (χ1) is 16.2. The molecule has 34 heavy (non-hydrogen) atoms. The van der Waals surface area contributed by atoms with Crippen molar-refractivity contribution in [2.75, 3.05) is 5.73 Å². The van der Waals surface area contributed by atoms with Crippen LogP contribution in [0, 0.1) is 11.6 Å². The Morgan fingerprint density at radius 2 is 1.82 bits per heavy atom. The van der Waals surface area contributed by atoms with E-state index in [0.29, 0.717) is 22.7 Å². The molecule has 0 spiro atoms. The second-order valence-electron chi connectivity index (χ2n) is 6.90. The summed E-state index contributed by atoms with van der Waals surface area (Å²) in [5.74, 6) is 2.61. The molecule has 4 N–H and O–H groups in total. The summed E-state index contributed by atoms with van der Waals surface area (Å²) in [5.41, 5.74) is 6.98. The Morgan fingerprint density at radius 3 is 2.47 bits per heavy atom. The fourth-order valence-corrected chi connectivity index (χ4v) is 3.12. The molecule has 0 saturated heterocycles. The highest BCUT2D eigenvalue weighted by Gasteiger charge is 2.34. The molecule has 0 amide bonds. The number of hydrogen-bond acceptors (Lipinski definition) is 8. The second kappa shape index (κ2) is 8.80. The lowest BCUT2D eigenvalue weighted by Gasteiger charge is -2.05. The Kier molecular flexibility index (Phi) is 5.88. The predicted octanol–water partition coefficient (Wildman–Crippen LogP) is 3.48. The monoisotopic (exact) mass is 475 g/mol. The molecular weight excluding hydrogens is 461 g/mol. The van der Waals surface area contributed by atoms with Gasteiger partial charge in [-0.3, -0.25) is 4.99 Å². The minimum Gasteiger partial charge on any atom is -0.383 e. The van der Waals surface area contributed by atoms with Crippen molar-refractivity contribution in [3.63, 3.8) is 0 Å². The molecule has 4 aromatic rings. The lowest BCUT2D eigenvalue weighted by Crippen LogP contribution is -2.13. The van der Waals surface area contributed by atoms with Gasteiger partial charge in [-0.05, 0) is 12.1 Å². The van der Waals surface area contributed by atoms with E-state index < -0.39 is 23.6 Å². The molecule has 9 nitrogen and oxygen atoms in total. The number of rotatable bonds is 5. The molecule has 0 aliphatic carbocycles. The van der Waals surface area contributed by atoms with Gasteiger partial charge >= 0.3 is 6.18 Å². The largest absolute Gasteiger partial charge is 0.451 e. The molecule has 14 heteroatoms. The fraction of sp³-hybridized carbons (Fsp3) is 0.100. The SMILES string of the molecule is NN=C(C=Nc1ccc(F)cc1F)Cn1cc(-c2cnc(C(F)(F)F)nc2)c2c(N)ncnc21. The van der Waals surface area contributed by atoms with E-state index in [2.05, 4.69) is 30.0 Å². The van der Waals surface area contributed by atoms with Crippen LogP contribution < -0.4 is 11.6 Å². The number of hydrazone groups is 1. The van der Waals surface area contributed by atoms with E-state index >= 15 is 0 Å². The van der Waals surface area contributed by atoms with E-state index in [-0.39, 0.29) is 29.3 Å².